The summed E-state index contributed by atoms with van der Waals surface area (Å²) in [7, 11) is -3.97. The van der Waals surface area contributed by atoms with Gasteiger partial charge in [-0.25, -0.2) is 17.6 Å². The fourth-order valence-corrected chi connectivity index (χ4v) is 7.00. The lowest BCUT2D eigenvalue weighted by atomic mass is 9.90. The van der Waals surface area contributed by atoms with E-state index in [9.17, 15) is 32.3 Å². The van der Waals surface area contributed by atoms with Crippen LogP contribution in [0, 0.1) is 11.7 Å². The van der Waals surface area contributed by atoms with Crippen molar-refractivity contribution in [2.75, 3.05) is 19.6 Å². The number of unbranched alkanes of at least 4 members (excludes halogenated alkanes) is 1. The van der Waals surface area contributed by atoms with Crippen molar-refractivity contribution in [1.82, 2.24) is 19.9 Å². The van der Waals surface area contributed by atoms with Gasteiger partial charge in [0.15, 0.2) is 0 Å². The summed E-state index contributed by atoms with van der Waals surface area (Å²) in [4.78, 5) is 42.3. The largest absolute Gasteiger partial charge is 0.480 e. The van der Waals surface area contributed by atoms with E-state index in [0.29, 0.717) is 32.2 Å². The number of carbonyl (C=O) groups excluding carboxylic acids is 2. The molecule has 3 aromatic rings. The molecule has 4 atom stereocenters. The molecule has 2 heterocycles. The van der Waals surface area contributed by atoms with Gasteiger partial charge < -0.3 is 26.5 Å². The Morgan fingerprint density at radius 2 is 1.84 bits per heavy atom. The fraction of sp³-hybridized carbons (Fsp3) is 0.433. The number of carboxylic acids is 1. The van der Waals surface area contributed by atoms with Gasteiger partial charge in [0.2, 0.25) is 21.8 Å². The average molecular weight is 616 g/mol. The standard InChI is InChI=1S/C30H38FN5O6S/c1-19(24-17-33-25-9-3-2-8-23(24)25)27(29(38)34-26(30(39)40)10-4-5-15-32)35-28(37)20-7-6-16-36(18-20)43(41,42)22-13-11-21(31)12-14-22/h2-3,8-9,11-14,17,19-20,26-27,33H,4-7,10,15-16,18,32H2,1H3,(H,34,38)(H,35,37)(H,39,40)/t19?,20?,26-,27+/m0/s1. The molecule has 0 spiro atoms. The maximum atomic E-state index is 13.7. The molecule has 1 aliphatic rings. The van der Waals surface area contributed by atoms with Crippen LogP contribution in [0.3, 0.4) is 0 Å². The Balaban J connectivity index is 1.56. The fourth-order valence-electron chi connectivity index (χ4n) is 5.48. The number of rotatable bonds is 13. The van der Waals surface area contributed by atoms with Crippen molar-refractivity contribution in [3.8, 4) is 0 Å². The average Bonchev–Trinajstić information content (AvgIpc) is 3.43. The van der Waals surface area contributed by atoms with Crippen molar-refractivity contribution in [2.45, 2.75) is 61.9 Å². The lowest BCUT2D eigenvalue weighted by Crippen LogP contribution is -2.55. The molecule has 2 unspecified atom stereocenters. The number of sulfonamides is 1. The summed E-state index contributed by atoms with van der Waals surface area (Å²) in [5.41, 5.74) is 7.14. The second kappa shape index (κ2) is 14.1. The number of para-hydroxylation sites is 1. The first-order chi connectivity index (χ1) is 20.5. The molecule has 13 heteroatoms. The molecule has 4 rings (SSSR count). The third-order valence-corrected chi connectivity index (χ3v) is 9.84. The highest BCUT2D eigenvalue weighted by Gasteiger charge is 2.37. The number of hydrogen-bond donors (Lipinski definition) is 5. The van der Waals surface area contributed by atoms with Gasteiger partial charge >= 0.3 is 5.97 Å². The highest BCUT2D eigenvalue weighted by atomic mass is 32.2. The van der Waals surface area contributed by atoms with Gasteiger partial charge in [0.05, 0.1) is 10.8 Å². The zero-order chi connectivity index (χ0) is 31.1. The number of aromatic amines is 1. The smallest absolute Gasteiger partial charge is 0.326 e. The number of carbonyl (C=O) groups is 3. The number of carboxylic acid groups (broad SMARTS) is 1. The monoisotopic (exact) mass is 615 g/mol. The topological polar surface area (TPSA) is 175 Å². The second-order valence-electron chi connectivity index (χ2n) is 10.9. The normalized spacial score (nSPS) is 18.1. The molecule has 1 aromatic heterocycles. The van der Waals surface area contributed by atoms with E-state index in [1.54, 1.807) is 13.1 Å². The number of nitrogens with zero attached hydrogens (tertiary/aromatic N) is 1. The van der Waals surface area contributed by atoms with Crippen LogP contribution >= 0.6 is 0 Å². The Bertz CT molecular complexity index is 1540. The van der Waals surface area contributed by atoms with Crippen LogP contribution in [0.5, 0.6) is 0 Å². The zero-order valence-corrected chi connectivity index (χ0v) is 24.8. The maximum Gasteiger partial charge on any atom is 0.326 e. The van der Waals surface area contributed by atoms with E-state index < -0.39 is 57.5 Å². The molecule has 0 saturated carbocycles. The van der Waals surface area contributed by atoms with E-state index in [1.165, 1.54) is 16.4 Å². The molecule has 6 N–H and O–H groups in total. The van der Waals surface area contributed by atoms with Crippen LogP contribution in [-0.4, -0.2) is 72.3 Å². The van der Waals surface area contributed by atoms with Crippen molar-refractivity contribution in [1.29, 1.82) is 0 Å². The second-order valence-corrected chi connectivity index (χ2v) is 12.8. The molecule has 11 nitrogen and oxygen atoms in total. The number of amides is 2. The Labute approximate surface area is 250 Å². The summed E-state index contributed by atoms with van der Waals surface area (Å²) >= 11 is 0. The molecule has 0 aliphatic carbocycles. The number of halogens is 1. The Morgan fingerprint density at radius 1 is 1.12 bits per heavy atom. The SMILES string of the molecule is CC(c1c[nH]c2ccccc12)[C@@H](NC(=O)C1CCCN(S(=O)(=O)c2ccc(F)cc2)C1)C(=O)N[C@@H](CCCCN)C(=O)O. The summed E-state index contributed by atoms with van der Waals surface area (Å²) in [5.74, 6) is -4.24. The van der Waals surface area contributed by atoms with Gasteiger partial charge in [0, 0.05) is 36.1 Å². The van der Waals surface area contributed by atoms with E-state index in [2.05, 4.69) is 15.6 Å². The van der Waals surface area contributed by atoms with Crippen LogP contribution in [0.25, 0.3) is 10.9 Å². The summed E-state index contributed by atoms with van der Waals surface area (Å²) in [6.45, 7) is 2.25. The number of aliphatic carboxylic acids is 1. The first-order valence-corrected chi connectivity index (χ1v) is 15.8. The number of aromatic nitrogens is 1. The number of H-pyrrole nitrogens is 1. The van der Waals surface area contributed by atoms with Gasteiger partial charge in [-0.05, 0) is 74.5 Å². The molecule has 0 bridgehead atoms. The van der Waals surface area contributed by atoms with Crippen molar-refractivity contribution >= 4 is 38.7 Å². The molecule has 0 radical (unpaired) electrons. The molecule has 1 aliphatic heterocycles. The lowest BCUT2D eigenvalue weighted by Gasteiger charge is -2.33. The molecular weight excluding hydrogens is 577 g/mol. The first kappa shape index (κ1) is 32.1. The van der Waals surface area contributed by atoms with Gasteiger partial charge in [-0.3, -0.25) is 9.59 Å². The summed E-state index contributed by atoms with van der Waals surface area (Å²) in [5, 5.41) is 16.0. The molecule has 1 fully saturated rings. The minimum absolute atomic E-state index is 0.0745. The maximum absolute atomic E-state index is 13.7. The predicted molar refractivity (Wildman–Crippen MR) is 159 cm³/mol. The summed E-state index contributed by atoms with van der Waals surface area (Å²) in [6, 6.07) is 9.69. The van der Waals surface area contributed by atoms with Gasteiger partial charge in [-0.1, -0.05) is 25.1 Å². The van der Waals surface area contributed by atoms with Crippen molar-refractivity contribution in [3.05, 3.63) is 66.1 Å². The van der Waals surface area contributed by atoms with E-state index >= 15 is 0 Å². The van der Waals surface area contributed by atoms with Crippen LogP contribution in [0.4, 0.5) is 4.39 Å². The number of piperidine rings is 1. The molecule has 2 amide bonds. The van der Waals surface area contributed by atoms with Crippen LogP contribution in [-0.2, 0) is 24.4 Å². The van der Waals surface area contributed by atoms with Crippen LogP contribution in [0.15, 0.2) is 59.6 Å². The van der Waals surface area contributed by atoms with Crippen molar-refractivity contribution in [3.63, 3.8) is 0 Å². The molecule has 232 valence electrons. The van der Waals surface area contributed by atoms with E-state index in [1.807, 2.05) is 24.3 Å². The third-order valence-electron chi connectivity index (χ3n) is 7.96. The van der Waals surface area contributed by atoms with Gasteiger partial charge in [-0.15, -0.1) is 0 Å². The Morgan fingerprint density at radius 3 is 2.53 bits per heavy atom. The Hall–Kier alpha value is -3.81. The van der Waals surface area contributed by atoms with Gasteiger partial charge in [-0.2, -0.15) is 4.31 Å². The predicted octanol–water partition coefficient (Wildman–Crippen LogP) is 2.69. The minimum Gasteiger partial charge on any atom is -0.480 e. The van der Waals surface area contributed by atoms with E-state index in [4.69, 9.17) is 5.73 Å². The molecule has 43 heavy (non-hydrogen) atoms. The quantitative estimate of drug-likeness (QED) is 0.184. The zero-order valence-electron chi connectivity index (χ0n) is 24.0. The number of hydrogen-bond acceptors (Lipinski definition) is 6. The first-order valence-electron chi connectivity index (χ1n) is 14.4. The summed E-state index contributed by atoms with van der Waals surface area (Å²) in [6.07, 6.45) is 3.85. The van der Waals surface area contributed by atoms with Crippen LogP contribution < -0.4 is 16.4 Å². The minimum atomic E-state index is -3.97. The number of nitrogens with one attached hydrogen (secondary N) is 3. The van der Waals surface area contributed by atoms with Crippen LogP contribution in [0.2, 0.25) is 0 Å². The molecule has 1 saturated heterocycles. The molecule has 2 aromatic carbocycles. The van der Waals surface area contributed by atoms with Gasteiger partial charge in [0.1, 0.15) is 17.9 Å². The molecular formula is C30H38FN5O6S. The Kier molecular flexibility index (Phi) is 10.5. The summed E-state index contributed by atoms with van der Waals surface area (Å²) < 4.78 is 41.0. The highest BCUT2D eigenvalue weighted by molar-refractivity contribution is 7.89. The third kappa shape index (κ3) is 7.59. The van der Waals surface area contributed by atoms with Crippen LogP contribution in [0.1, 0.15) is 50.5 Å². The number of fused-ring (bicyclic) bond motifs is 1. The lowest BCUT2D eigenvalue weighted by molar-refractivity contribution is -0.142. The van der Waals surface area contributed by atoms with Crippen molar-refractivity contribution in [2.24, 2.45) is 11.7 Å². The number of nitrogens with two attached hydrogens (primary N) is 1. The van der Waals surface area contributed by atoms with E-state index in [0.717, 1.165) is 28.6 Å². The van der Waals surface area contributed by atoms with Crippen molar-refractivity contribution < 1.29 is 32.3 Å². The van der Waals surface area contributed by atoms with E-state index in [-0.39, 0.29) is 24.4 Å². The highest BCUT2D eigenvalue weighted by Crippen LogP contribution is 2.29. The van der Waals surface area contributed by atoms with Gasteiger partial charge in [0.25, 0.3) is 0 Å². The number of benzene rings is 2.